The first kappa shape index (κ1) is 11.5. The van der Waals surface area contributed by atoms with Crippen LogP contribution in [0.2, 0.25) is 0 Å². The van der Waals surface area contributed by atoms with Crippen molar-refractivity contribution < 1.29 is 4.79 Å². The number of nitrogens with one attached hydrogen (secondary N) is 2. The molecule has 0 aromatic rings. The minimum Gasteiger partial charge on any atom is -0.349 e. The fraction of sp³-hybridized carbons (Fsp3) is 0.909. The van der Waals surface area contributed by atoms with E-state index in [2.05, 4.69) is 17.6 Å². The second-order valence-corrected chi connectivity index (χ2v) is 4.21. The van der Waals surface area contributed by atoms with Gasteiger partial charge in [0, 0.05) is 13.0 Å². The standard InChI is InChI=1S/C11H22N2O/c1-3-6-10(14)13-11(4-2)7-5-8-12-9-11/h12H,3-9H2,1-2H3,(H,13,14). The van der Waals surface area contributed by atoms with Gasteiger partial charge in [0.1, 0.15) is 0 Å². The topological polar surface area (TPSA) is 41.1 Å². The molecule has 14 heavy (non-hydrogen) atoms. The van der Waals surface area contributed by atoms with Crippen LogP contribution in [0.15, 0.2) is 0 Å². The van der Waals surface area contributed by atoms with Gasteiger partial charge < -0.3 is 10.6 Å². The molecule has 0 radical (unpaired) electrons. The van der Waals surface area contributed by atoms with Gasteiger partial charge in [0.2, 0.25) is 5.91 Å². The lowest BCUT2D eigenvalue weighted by Gasteiger charge is -2.37. The third-order valence-corrected chi connectivity index (χ3v) is 3.03. The monoisotopic (exact) mass is 198 g/mol. The Kier molecular flexibility index (Phi) is 4.39. The first-order chi connectivity index (χ1) is 6.72. The molecule has 1 fully saturated rings. The summed E-state index contributed by atoms with van der Waals surface area (Å²) in [5.74, 6) is 0.207. The predicted molar refractivity (Wildman–Crippen MR) is 58.2 cm³/mol. The molecule has 0 bridgehead atoms. The Morgan fingerprint density at radius 1 is 1.50 bits per heavy atom. The van der Waals surface area contributed by atoms with Gasteiger partial charge in [-0.05, 0) is 32.2 Å². The lowest BCUT2D eigenvalue weighted by atomic mass is 9.87. The van der Waals surface area contributed by atoms with E-state index in [1.807, 2.05) is 6.92 Å². The van der Waals surface area contributed by atoms with Crippen LogP contribution in [0.25, 0.3) is 0 Å². The molecule has 0 saturated carbocycles. The van der Waals surface area contributed by atoms with E-state index in [4.69, 9.17) is 0 Å². The maximum Gasteiger partial charge on any atom is 0.220 e. The molecule has 3 nitrogen and oxygen atoms in total. The van der Waals surface area contributed by atoms with Gasteiger partial charge in [-0.25, -0.2) is 0 Å². The van der Waals surface area contributed by atoms with E-state index in [1.165, 1.54) is 6.42 Å². The summed E-state index contributed by atoms with van der Waals surface area (Å²) in [5, 5.41) is 6.54. The van der Waals surface area contributed by atoms with Crippen molar-refractivity contribution in [1.82, 2.24) is 10.6 Å². The predicted octanol–water partition coefficient (Wildman–Crippen LogP) is 1.43. The number of carbonyl (C=O) groups excluding carboxylic acids is 1. The molecular formula is C11H22N2O. The van der Waals surface area contributed by atoms with Gasteiger partial charge in [-0.15, -0.1) is 0 Å². The number of amides is 1. The van der Waals surface area contributed by atoms with Crippen molar-refractivity contribution in [3.05, 3.63) is 0 Å². The van der Waals surface area contributed by atoms with E-state index in [9.17, 15) is 4.79 Å². The fourth-order valence-electron chi connectivity index (χ4n) is 2.05. The van der Waals surface area contributed by atoms with E-state index in [0.29, 0.717) is 6.42 Å². The largest absolute Gasteiger partial charge is 0.349 e. The van der Waals surface area contributed by atoms with Crippen molar-refractivity contribution in [2.45, 2.75) is 51.5 Å². The Hall–Kier alpha value is -0.570. The Labute approximate surface area is 86.6 Å². The first-order valence-electron chi connectivity index (χ1n) is 5.74. The maximum atomic E-state index is 11.5. The highest BCUT2D eigenvalue weighted by atomic mass is 16.1. The average Bonchev–Trinajstić information content (AvgIpc) is 2.19. The Bertz CT molecular complexity index is 186. The molecule has 1 heterocycles. The summed E-state index contributed by atoms with van der Waals surface area (Å²) < 4.78 is 0. The zero-order valence-corrected chi connectivity index (χ0v) is 9.36. The van der Waals surface area contributed by atoms with Crippen LogP contribution in [0.3, 0.4) is 0 Å². The zero-order chi connectivity index (χ0) is 10.4. The SMILES string of the molecule is CCCC(=O)NC1(CC)CCCNC1. The zero-order valence-electron chi connectivity index (χ0n) is 9.36. The second-order valence-electron chi connectivity index (χ2n) is 4.21. The van der Waals surface area contributed by atoms with E-state index >= 15 is 0 Å². The molecule has 3 heteroatoms. The Morgan fingerprint density at radius 2 is 2.29 bits per heavy atom. The minimum atomic E-state index is 0.0322. The van der Waals surface area contributed by atoms with E-state index < -0.39 is 0 Å². The molecular weight excluding hydrogens is 176 g/mol. The normalized spacial score (nSPS) is 27.3. The summed E-state index contributed by atoms with van der Waals surface area (Å²) >= 11 is 0. The number of hydrogen-bond donors (Lipinski definition) is 2. The number of carbonyl (C=O) groups is 1. The lowest BCUT2D eigenvalue weighted by Crippen LogP contribution is -2.57. The van der Waals surface area contributed by atoms with Gasteiger partial charge in [0.15, 0.2) is 0 Å². The van der Waals surface area contributed by atoms with Gasteiger partial charge in [-0.1, -0.05) is 13.8 Å². The first-order valence-corrected chi connectivity index (χ1v) is 5.74. The van der Waals surface area contributed by atoms with Crippen LogP contribution in [0.5, 0.6) is 0 Å². The number of rotatable bonds is 4. The number of hydrogen-bond acceptors (Lipinski definition) is 2. The van der Waals surface area contributed by atoms with Gasteiger partial charge in [0.25, 0.3) is 0 Å². The summed E-state index contributed by atoms with van der Waals surface area (Å²) in [6.45, 7) is 6.21. The molecule has 0 aliphatic carbocycles. The molecule has 1 aliphatic rings. The Balaban J connectivity index is 2.47. The summed E-state index contributed by atoms with van der Waals surface area (Å²) in [5.41, 5.74) is 0.0322. The lowest BCUT2D eigenvalue weighted by molar-refractivity contribution is -0.123. The molecule has 1 rings (SSSR count). The average molecular weight is 198 g/mol. The smallest absolute Gasteiger partial charge is 0.220 e. The van der Waals surface area contributed by atoms with Gasteiger partial charge in [-0.3, -0.25) is 4.79 Å². The van der Waals surface area contributed by atoms with Crippen LogP contribution in [-0.2, 0) is 4.79 Å². The highest BCUT2D eigenvalue weighted by Crippen LogP contribution is 2.19. The van der Waals surface area contributed by atoms with Crippen molar-refractivity contribution in [3.63, 3.8) is 0 Å². The minimum absolute atomic E-state index is 0.0322. The third kappa shape index (κ3) is 2.98. The molecule has 1 atom stereocenters. The molecule has 0 aromatic heterocycles. The highest BCUT2D eigenvalue weighted by molar-refractivity contribution is 5.76. The summed E-state index contributed by atoms with van der Waals surface area (Å²) in [4.78, 5) is 11.5. The molecule has 1 unspecified atom stereocenters. The summed E-state index contributed by atoms with van der Waals surface area (Å²) in [6, 6.07) is 0. The molecule has 0 spiro atoms. The van der Waals surface area contributed by atoms with Crippen LogP contribution >= 0.6 is 0 Å². The van der Waals surface area contributed by atoms with Crippen LogP contribution in [0.1, 0.15) is 46.0 Å². The van der Waals surface area contributed by atoms with Crippen molar-refractivity contribution in [1.29, 1.82) is 0 Å². The van der Waals surface area contributed by atoms with Gasteiger partial charge >= 0.3 is 0 Å². The van der Waals surface area contributed by atoms with Gasteiger partial charge in [0.05, 0.1) is 5.54 Å². The molecule has 2 N–H and O–H groups in total. The Morgan fingerprint density at radius 3 is 2.79 bits per heavy atom. The second kappa shape index (κ2) is 5.35. The quantitative estimate of drug-likeness (QED) is 0.717. The van der Waals surface area contributed by atoms with E-state index in [-0.39, 0.29) is 11.4 Å². The third-order valence-electron chi connectivity index (χ3n) is 3.03. The van der Waals surface area contributed by atoms with Crippen LogP contribution < -0.4 is 10.6 Å². The maximum absolute atomic E-state index is 11.5. The van der Waals surface area contributed by atoms with Gasteiger partial charge in [-0.2, -0.15) is 0 Å². The fourth-order valence-corrected chi connectivity index (χ4v) is 2.05. The molecule has 1 saturated heterocycles. The molecule has 1 amide bonds. The summed E-state index contributed by atoms with van der Waals surface area (Å²) in [6.07, 6.45) is 4.89. The highest BCUT2D eigenvalue weighted by Gasteiger charge is 2.31. The molecule has 82 valence electrons. The van der Waals surface area contributed by atoms with Crippen molar-refractivity contribution in [2.75, 3.05) is 13.1 Å². The van der Waals surface area contributed by atoms with Crippen LogP contribution in [-0.4, -0.2) is 24.5 Å². The number of piperidine rings is 1. The molecule has 0 aromatic carbocycles. The van der Waals surface area contributed by atoms with E-state index in [0.717, 1.165) is 32.4 Å². The summed E-state index contributed by atoms with van der Waals surface area (Å²) in [7, 11) is 0. The van der Waals surface area contributed by atoms with Crippen molar-refractivity contribution in [3.8, 4) is 0 Å². The molecule has 1 aliphatic heterocycles. The van der Waals surface area contributed by atoms with Crippen molar-refractivity contribution in [2.24, 2.45) is 0 Å². The van der Waals surface area contributed by atoms with Crippen molar-refractivity contribution >= 4 is 5.91 Å². The van der Waals surface area contributed by atoms with Crippen LogP contribution in [0.4, 0.5) is 0 Å². The van der Waals surface area contributed by atoms with Crippen LogP contribution in [0, 0.1) is 0 Å². The van der Waals surface area contributed by atoms with E-state index in [1.54, 1.807) is 0 Å².